The topological polar surface area (TPSA) is 111 Å². The lowest BCUT2D eigenvalue weighted by molar-refractivity contribution is -0.137. The largest absolute Gasteiger partial charge is 0.416 e. The van der Waals surface area contributed by atoms with E-state index in [1.54, 1.807) is 19.1 Å². The number of hydrogen-bond acceptors (Lipinski definition) is 8. The van der Waals surface area contributed by atoms with Crippen LogP contribution in [0.4, 0.5) is 19.1 Å². The molecule has 9 nitrogen and oxygen atoms in total. The number of benzene rings is 2. The van der Waals surface area contributed by atoms with Crippen molar-refractivity contribution in [1.29, 1.82) is 0 Å². The number of ether oxygens (including phenoxy) is 2. The molecule has 2 aliphatic rings. The van der Waals surface area contributed by atoms with Gasteiger partial charge in [-0.05, 0) is 61.1 Å². The molecule has 3 aromatic rings. The van der Waals surface area contributed by atoms with Crippen LogP contribution in [0, 0.1) is 0 Å². The number of piperidine rings is 1. The Morgan fingerprint density at radius 3 is 2.29 bits per heavy atom. The predicted molar refractivity (Wildman–Crippen MR) is 162 cm³/mol. The maximum Gasteiger partial charge on any atom is 0.416 e. The molecule has 2 fully saturated rings. The van der Waals surface area contributed by atoms with Crippen LogP contribution in [0.15, 0.2) is 65.8 Å². The number of nitrogens with zero attached hydrogens (tertiary/aromatic N) is 3. The molecule has 45 heavy (non-hydrogen) atoms. The van der Waals surface area contributed by atoms with E-state index in [2.05, 4.69) is 15.3 Å². The summed E-state index contributed by atoms with van der Waals surface area (Å²) in [7, 11) is -3.30. The minimum atomic E-state index is -4.39. The van der Waals surface area contributed by atoms with Crippen LogP contribution in [0.25, 0.3) is 0 Å². The van der Waals surface area contributed by atoms with E-state index in [-0.39, 0.29) is 46.7 Å². The first-order chi connectivity index (χ1) is 21.5. The van der Waals surface area contributed by atoms with Gasteiger partial charge in [-0.1, -0.05) is 31.2 Å². The first-order valence-corrected chi connectivity index (χ1v) is 16.7. The van der Waals surface area contributed by atoms with Gasteiger partial charge in [0.2, 0.25) is 5.95 Å². The van der Waals surface area contributed by atoms with Gasteiger partial charge in [-0.15, -0.1) is 0 Å². The third kappa shape index (κ3) is 8.39. The lowest BCUT2D eigenvalue weighted by atomic mass is 9.87. The van der Waals surface area contributed by atoms with Gasteiger partial charge in [-0.25, -0.2) is 18.4 Å². The molecule has 0 spiro atoms. The van der Waals surface area contributed by atoms with Crippen LogP contribution in [0.5, 0.6) is 0 Å². The fourth-order valence-corrected chi connectivity index (χ4v) is 6.49. The van der Waals surface area contributed by atoms with Crippen LogP contribution in [-0.4, -0.2) is 68.6 Å². The summed E-state index contributed by atoms with van der Waals surface area (Å²) in [5.74, 6) is 0.0106. The van der Waals surface area contributed by atoms with Crippen LogP contribution in [0.3, 0.4) is 0 Å². The quantitative estimate of drug-likeness (QED) is 0.322. The van der Waals surface area contributed by atoms with Gasteiger partial charge in [0.1, 0.15) is 0 Å². The van der Waals surface area contributed by atoms with Gasteiger partial charge in [0.05, 0.1) is 40.5 Å². The summed E-state index contributed by atoms with van der Waals surface area (Å²) in [6, 6.07) is 11.6. The van der Waals surface area contributed by atoms with Gasteiger partial charge in [0, 0.05) is 44.6 Å². The van der Waals surface area contributed by atoms with Crippen molar-refractivity contribution < 1.29 is 35.9 Å². The molecule has 0 bridgehead atoms. The van der Waals surface area contributed by atoms with E-state index in [0.29, 0.717) is 32.3 Å². The summed E-state index contributed by atoms with van der Waals surface area (Å²) in [5.41, 5.74) is 1.13. The standard InChI is InChI=1S/C32H37F3N4O5S/c1-2-45(41,42)29-11-3-22(4-12-29)17-36-30(40)25-18-37-31(38-19-25)39-20-24(23-5-8-26(9-6-23)32(33,34)35)7-10-27(39)21-44-28-13-15-43-16-14-28/h3-6,8-9,11-12,18-19,24,27-28H,2,7,10,13-17,20-21H2,1H3,(H,36,40)/t24?,27-/m0/s1. The van der Waals surface area contributed by atoms with E-state index < -0.39 is 21.6 Å². The Bertz CT molecular complexity index is 1530. The maximum atomic E-state index is 13.1. The summed E-state index contributed by atoms with van der Waals surface area (Å²) >= 11 is 0. The zero-order valence-electron chi connectivity index (χ0n) is 25.0. The van der Waals surface area contributed by atoms with Crippen molar-refractivity contribution in [1.82, 2.24) is 15.3 Å². The summed E-state index contributed by atoms with van der Waals surface area (Å²) in [4.78, 5) is 24.1. The number of carbonyl (C=O) groups is 1. The molecule has 2 saturated heterocycles. The Hall–Kier alpha value is -3.55. The minimum absolute atomic E-state index is 0.00986. The van der Waals surface area contributed by atoms with E-state index in [4.69, 9.17) is 9.47 Å². The highest BCUT2D eigenvalue weighted by Crippen LogP contribution is 2.35. The van der Waals surface area contributed by atoms with Crippen LogP contribution in [-0.2, 0) is 32.0 Å². The molecule has 1 N–H and O–H groups in total. The first-order valence-electron chi connectivity index (χ1n) is 15.1. The van der Waals surface area contributed by atoms with Crippen LogP contribution in [0.1, 0.15) is 65.6 Å². The lowest BCUT2D eigenvalue weighted by Crippen LogP contribution is -2.47. The van der Waals surface area contributed by atoms with Crippen LogP contribution in [0.2, 0.25) is 0 Å². The molecule has 2 aromatic carbocycles. The molecular weight excluding hydrogens is 609 g/mol. The number of alkyl halides is 3. The van der Waals surface area contributed by atoms with Gasteiger partial charge in [-0.3, -0.25) is 4.79 Å². The highest BCUT2D eigenvalue weighted by atomic mass is 32.2. The molecule has 0 aliphatic carbocycles. The number of carbonyl (C=O) groups excluding carboxylic acids is 1. The average Bonchev–Trinajstić information content (AvgIpc) is 3.06. The van der Waals surface area contributed by atoms with Crippen molar-refractivity contribution in [3.63, 3.8) is 0 Å². The van der Waals surface area contributed by atoms with Crippen LogP contribution >= 0.6 is 0 Å². The monoisotopic (exact) mass is 646 g/mol. The highest BCUT2D eigenvalue weighted by molar-refractivity contribution is 7.91. The summed E-state index contributed by atoms with van der Waals surface area (Å²) in [6.07, 6.45) is 1.77. The molecule has 0 radical (unpaired) electrons. The SMILES string of the molecule is CCS(=O)(=O)c1ccc(CNC(=O)c2cnc(N3CC(c4ccc(C(F)(F)F)cc4)CC[C@H]3COC3CCOCC3)nc2)cc1. The third-order valence-corrected chi connectivity index (χ3v) is 10.1. The zero-order chi connectivity index (χ0) is 32.0. The molecule has 3 heterocycles. The smallest absolute Gasteiger partial charge is 0.381 e. The normalized spacial score (nSPS) is 19.8. The summed E-state index contributed by atoms with van der Waals surface area (Å²) in [5, 5.41) is 2.80. The predicted octanol–water partition coefficient (Wildman–Crippen LogP) is 5.17. The number of nitrogens with one attached hydrogen (secondary N) is 1. The van der Waals surface area contributed by atoms with Crippen molar-refractivity contribution in [3.05, 3.63) is 83.2 Å². The Labute approximate surface area is 261 Å². The van der Waals surface area contributed by atoms with Gasteiger partial charge in [0.25, 0.3) is 5.91 Å². The molecule has 242 valence electrons. The van der Waals surface area contributed by atoms with Crippen molar-refractivity contribution in [2.75, 3.05) is 37.0 Å². The number of hydrogen-bond donors (Lipinski definition) is 1. The van der Waals surface area contributed by atoms with E-state index in [0.717, 1.165) is 48.9 Å². The number of aromatic nitrogens is 2. The van der Waals surface area contributed by atoms with Crippen LogP contribution < -0.4 is 10.2 Å². The number of halogens is 3. The average molecular weight is 647 g/mol. The fraction of sp³-hybridized carbons (Fsp3) is 0.469. The van der Waals surface area contributed by atoms with Gasteiger partial charge < -0.3 is 19.7 Å². The first kappa shape index (κ1) is 32.8. The molecule has 0 saturated carbocycles. The Balaban J connectivity index is 1.26. The molecule has 1 amide bonds. The number of sulfone groups is 1. The molecular formula is C32H37F3N4O5S. The van der Waals surface area contributed by atoms with Crippen molar-refractivity contribution >= 4 is 21.7 Å². The molecule has 13 heteroatoms. The van der Waals surface area contributed by atoms with Crippen molar-refractivity contribution in [2.45, 2.75) is 68.3 Å². The molecule has 1 unspecified atom stereocenters. The third-order valence-electron chi connectivity index (χ3n) is 8.38. The molecule has 2 atom stereocenters. The van der Waals surface area contributed by atoms with Crippen molar-refractivity contribution in [3.8, 4) is 0 Å². The Kier molecular flexibility index (Phi) is 10.4. The van der Waals surface area contributed by atoms with Gasteiger partial charge in [-0.2, -0.15) is 13.2 Å². The lowest BCUT2D eigenvalue weighted by Gasteiger charge is -2.40. The Morgan fingerprint density at radius 2 is 1.67 bits per heavy atom. The van der Waals surface area contributed by atoms with Gasteiger partial charge >= 0.3 is 6.18 Å². The molecule has 1 aromatic heterocycles. The molecule has 2 aliphatic heterocycles. The number of anilines is 1. The van der Waals surface area contributed by atoms with Crippen molar-refractivity contribution in [2.24, 2.45) is 0 Å². The maximum absolute atomic E-state index is 13.1. The second-order valence-corrected chi connectivity index (χ2v) is 13.6. The second-order valence-electron chi connectivity index (χ2n) is 11.3. The number of amides is 1. The van der Waals surface area contributed by atoms with E-state index in [1.165, 1.54) is 36.7 Å². The highest BCUT2D eigenvalue weighted by Gasteiger charge is 2.34. The second kappa shape index (κ2) is 14.3. The fourth-order valence-electron chi connectivity index (χ4n) is 5.60. The van der Waals surface area contributed by atoms with E-state index in [1.807, 2.05) is 4.90 Å². The summed E-state index contributed by atoms with van der Waals surface area (Å²) < 4.78 is 75.1. The minimum Gasteiger partial charge on any atom is -0.381 e. The number of rotatable bonds is 10. The molecule has 5 rings (SSSR count). The van der Waals surface area contributed by atoms with E-state index >= 15 is 0 Å². The zero-order valence-corrected chi connectivity index (χ0v) is 25.8. The summed E-state index contributed by atoms with van der Waals surface area (Å²) in [6.45, 7) is 4.04. The van der Waals surface area contributed by atoms with Gasteiger partial charge in [0.15, 0.2) is 9.84 Å². The van der Waals surface area contributed by atoms with E-state index in [9.17, 15) is 26.4 Å². The Morgan fingerprint density at radius 1 is 1.00 bits per heavy atom.